The Morgan fingerprint density at radius 1 is 1.75 bits per heavy atom. The van der Waals surface area contributed by atoms with Crippen molar-refractivity contribution in [1.29, 1.82) is 0 Å². The fourth-order valence-electron chi connectivity index (χ4n) is 0.738. The van der Waals surface area contributed by atoms with Gasteiger partial charge in [-0.05, 0) is 6.07 Å². The summed E-state index contributed by atoms with van der Waals surface area (Å²) >= 11 is 0. The topological polar surface area (TPSA) is 85.4 Å². The lowest BCUT2D eigenvalue weighted by atomic mass is 10.2. The van der Waals surface area contributed by atoms with Crippen LogP contribution in [0.4, 0.5) is 5.82 Å². The number of methoxy groups -OCH3 is 1. The quantitative estimate of drug-likeness (QED) is 0.583. The highest BCUT2D eigenvalue weighted by Gasteiger charge is 2.11. The summed E-state index contributed by atoms with van der Waals surface area (Å²) in [6.45, 7) is 0. The summed E-state index contributed by atoms with van der Waals surface area (Å²) in [6.07, 6.45) is 1.10. The molecule has 0 fully saturated rings. The average molecular weight is 168 g/mol. The molecule has 1 aromatic heterocycles. The SMILES string of the molecule is COC(=O)c1cc(N)ncc1O. The highest BCUT2D eigenvalue weighted by Crippen LogP contribution is 2.17. The molecule has 0 spiro atoms. The number of nitrogen functional groups attached to an aromatic ring is 1. The van der Waals surface area contributed by atoms with Crippen molar-refractivity contribution in [3.05, 3.63) is 17.8 Å². The number of nitrogens with two attached hydrogens (primary N) is 1. The van der Waals surface area contributed by atoms with E-state index in [0.717, 1.165) is 6.20 Å². The third-order valence-corrected chi connectivity index (χ3v) is 1.31. The van der Waals surface area contributed by atoms with E-state index < -0.39 is 5.97 Å². The van der Waals surface area contributed by atoms with Crippen LogP contribution in [0.1, 0.15) is 10.4 Å². The molecule has 0 radical (unpaired) electrons. The molecule has 0 aliphatic heterocycles. The van der Waals surface area contributed by atoms with E-state index in [1.54, 1.807) is 0 Å². The predicted molar refractivity (Wildman–Crippen MR) is 41.7 cm³/mol. The van der Waals surface area contributed by atoms with Gasteiger partial charge in [0.25, 0.3) is 0 Å². The molecule has 1 aromatic rings. The number of aromatic nitrogens is 1. The standard InChI is InChI=1S/C7H8N2O3/c1-12-7(11)4-2-6(8)9-3-5(4)10/h2-3,10H,1H3,(H2,8,9). The van der Waals surface area contributed by atoms with Gasteiger partial charge in [0.15, 0.2) is 0 Å². The summed E-state index contributed by atoms with van der Waals surface area (Å²) < 4.78 is 4.39. The van der Waals surface area contributed by atoms with Crippen LogP contribution >= 0.6 is 0 Å². The minimum absolute atomic E-state index is 0.0185. The first kappa shape index (κ1) is 8.32. The molecule has 0 atom stereocenters. The summed E-state index contributed by atoms with van der Waals surface area (Å²) in [7, 11) is 1.22. The molecule has 1 rings (SSSR count). The smallest absolute Gasteiger partial charge is 0.341 e. The predicted octanol–water partition coefficient (Wildman–Crippen LogP) is 0.156. The molecule has 0 saturated carbocycles. The van der Waals surface area contributed by atoms with E-state index in [1.165, 1.54) is 13.2 Å². The third-order valence-electron chi connectivity index (χ3n) is 1.31. The minimum atomic E-state index is -0.637. The second kappa shape index (κ2) is 3.08. The number of pyridine rings is 1. The number of nitrogens with zero attached hydrogens (tertiary/aromatic N) is 1. The highest BCUT2D eigenvalue weighted by atomic mass is 16.5. The monoisotopic (exact) mass is 168 g/mol. The molecule has 0 aliphatic carbocycles. The van der Waals surface area contributed by atoms with E-state index in [1.807, 2.05) is 0 Å². The molecule has 0 amide bonds. The normalized spacial score (nSPS) is 9.42. The largest absolute Gasteiger partial charge is 0.505 e. The van der Waals surface area contributed by atoms with Gasteiger partial charge in [-0.15, -0.1) is 0 Å². The van der Waals surface area contributed by atoms with Crippen LogP contribution in [0.5, 0.6) is 5.75 Å². The zero-order chi connectivity index (χ0) is 9.14. The number of esters is 1. The van der Waals surface area contributed by atoms with Crippen molar-refractivity contribution in [3.8, 4) is 5.75 Å². The molecular formula is C7H8N2O3. The van der Waals surface area contributed by atoms with Gasteiger partial charge in [-0.3, -0.25) is 0 Å². The molecule has 0 unspecified atom stereocenters. The maximum Gasteiger partial charge on any atom is 0.341 e. The van der Waals surface area contributed by atoms with Gasteiger partial charge in [-0.2, -0.15) is 0 Å². The first-order valence-corrected chi connectivity index (χ1v) is 3.18. The number of carbonyl (C=O) groups is 1. The first-order chi connectivity index (χ1) is 5.65. The fraction of sp³-hybridized carbons (Fsp3) is 0.143. The number of ether oxygens (including phenoxy) is 1. The van der Waals surface area contributed by atoms with Crippen molar-refractivity contribution >= 4 is 11.8 Å². The van der Waals surface area contributed by atoms with E-state index in [-0.39, 0.29) is 17.1 Å². The van der Waals surface area contributed by atoms with Gasteiger partial charge in [0.05, 0.1) is 13.3 Å². The van der Waals surface area contributed by atoms with Crippen molar-refractivity contribution in [2.75, 3.05) is 12.8 Å². The van der Waals surface area contributed by atoms with E-state index >= 15 is 0 Å². The summed E-state index contributed by atoms with van der Waals surface area (Å²) in [4.78, 5) is 14.5. The second-order valence-corrected chi connectivity index (χ2v) is 2.12. The fourth-order valence-corrected chi connectivity index (χ4v) is 0.738. The van der Waals surface area contributed by atoms with Crippen molar-refractivity contribution in [2.24, 2.45) is 0 Å². The molecule has 12 heavy (non-hydrogen) atoms. The van der Waals surface area contributed by atoms with Gasteiger partial charge in [0, 0.05) is 0 Å². The number of hydrogen-bond acceptors (Lipinski definition) is 5. The van der Waals surface area contributed by atoms with Crippen LogP contribution in [0.25, 0.3) is 0 Å². The average Bonchev–Trinajstić information content (AvgIpc) is 2.08. The van der Waals surface area contributed by atoms with Crippen LogP contribution in [-0.4, -0.2) is 23.2 Å². The summed E-state index contributed by atoms with van der Waals surface area (Å²) in [5.41, 5.74) is 5.31. The Morgan fingerprint density at radius 2 is 2.42 bits per heavy atom. The Hall–Kier alpha value is -1.78. The molecular weight excluding hydrogens is 160 g/mol. The molecule has 0 aliphatic rings. The molecule has 1 heterocycles. The Morgan fingerprint density at radius 3 is 3.00 bits per heavy atom. The lowest BCUT2D eigenvalue weighted by molar-refractivity contribution is 0.0597. The Labute approximate surface area is 68.8 Å². The van der Waals surface area contributed by atoms with Gasteiger partial charge < -0.3 is 15.6 Å². The summed E-state index contributed by atoms with van der Waals surface area (Å²) in [5.74, 6) is -0.717. The number of aromatic hydroxyl groups is 1. The van der Waals surface area contributed by atoms with E-state index in [2.05, 4.69) is 9.72 Å². The summed E-state index contributed by atoms with van der Waals surface area (Å²) in [5, 5.41) is 9.12. The Balaban J connectivity index is 3.13. The third kappa shape index (κ3) is 1.45. The molecule has 3 N–H and O–H groups in total. The lowest BCUT2D eigenvalue weighted by Crippen LogP contribution is -2.03. The van der Waals surface area contributed by atoms with Crippen molar-refractivity contribution < 1.29 is 14.6 Å². The van der Waals surface area contributed by atoms with Crippen molar-refractivity contribution in [1.82, 2.24) is 4.98 Å². The first-order valence-electron chi connectivity index (χ1n) is 3.18. The molecule has 5 nitrogen and oxygen atoms in total. The molecule has 5 heteroatoms. The van der Waals surface area contributed by atoms with Gasteiger partial charge in [0.1, 0.15) is 17.1 Å². The minimum Gasteiger partial charge on any atom is -0.505 e. The van der Waals surface area contributed by atoms with Crippen LogP contribution in [0.2, 0.25) is 0 Å². The zero-order valence-corrected chi connectivity index (χ0v) is 6.44. The van der Waals surface area contributed by atoms with Gasteiger partial charge >= 0.3 is 5.97 Å². The van der Waals surface area contributed by atoms with Crippen LogP contribution in [0.3, 0.4) is 0 Å². The summed E-state index contributed by atoms with van der Waals surface area (Å²) in [6, 6.07) is 1.25. The van der Waals surface area contributed by atoms with Gasteiger partial charge in [-0.1, -0.05) is 0 Å². The lowest BCUT2D eigenvalue weighted by Gasteiger charge is -2.01. The number of anilines is 1. The van der Waals surface area contributed by atoms with Crippen LogP contribution in [0.15, 0.2) is 12.3 Å². The Bertz CT molecular complexity index is 312. The van der Waals surface area contributed by atoms with E-state index in [4.69, 9.17) is 10.8 Å². The van der Waals surface area contributed by atoms with Crippen LogP contribution in [-0.2, 0) is 4.74 Å². The van der Waals surface area contributed by atoms with E-state index in [9.17, 15) is 4.79 Å². The van der Waals surface area contributed by atoms with Gasteiger partial charge in [0.2, 0.25) is 0 Å². The number of rotatable bonds is 1. The molecule has 64 valence electrons. The maximum absolute atomic E-state index is 10.9. The molecule has 0 bridgehead atoms. The van der Waals surface area contributed by atoms with Crippen molar-refractivity contribution in [2.45, 2.75) is 0 Å². The molecule has 0 saturated heterocycles. The maximum atomic E-state index is 10.9. The zero-order valence-electron chi connectivity index (χ0n) is 6.44. The van der Waals surface area contributed by atoms with Crippen LogP contribution in [0, 0.1) is 0 Å². The molecule has 0 aromatic carbocycles. The van der Waals surface area contributed by atoms with Crippen LogP contribution < -0.4 is 5.73 Å². The van der Waals surface area contributed by atoms with Gasteiger partial charge in [-0.25, -0.2) is 9.78 Å². The van der Waals surface area contributed by atoms with E-state index in [0.29, 0.717) is 0 Å². The highest BCUT2D eigenvalue weighted by molar-refractivity contribution is 5.92. The Kier molecular flexibility index (Phi) is 2.14. The van der Waals surface area contributed by atoms with Crippen molar-refractivity contribution in [3.63, 3.8) is 0 Å². The number of hydrogen-bond donors (Lipinski definition) is 2. The second-order valence-electron chi connectivity index (χ2n) is 2.12. The number of carbonyl (C=O) groups excluding carboxylic acids is 1.